The molecule has 3 rings (SSSR count). The molecule has 1 aliphatic heterocycles. The van der Waals surface area contributed by atoms with E-state index >= 15 is 0 Å². The molecule has 0 radical (unpaired) electrons. The van der Waals surface area contributed by atoms with Crippen LogP contribution in [0.5, 0.6) is 11.5 Å². The second kappa shape index (κ2) is 8.89. The Hall–Kier alpha value is -3.17. The number of hydrogen-bond donors (Lipinski definition) is 2. The molecule has 0 saturated carbocycles. The van der Waals surface area contributed by atoms with E-state index in [4.69, 9.17) is 9.47 Å². The second-order valence-corrected chi connectivity index (χ2v) is 6.74. The maximum absolute atomic E-state index is 12.9. The molecule has 9 heteroatoms. The molecule has 29 heavy (non-hydrogen) atoms. The number of ether oxygens (including phenoxy) is 2. The first-order valence-electron chi connectivity index (χ1n) is 9.07. The van der Waals surface area contributed by atoms with Crippen molar-refractivity contribution in [3.8, 4) is 11.5 Å². The first-order valence-corrected chi connectivity index (χ1v) is 9.07. The summed E-state index contributed by atoms with van der Waals surface area (Å²) in [6.07, 6.45) is -0.573. The third-order valence-corrected chi connectivity index (χ3v) is 4.81. The van der Waals surface area contributed by atoms with E-state index in [1.807, 2.05) is 30.3 Å². The largest absolute Gasteiger partial charge is 0.493 e. The minimum Gasteiger partial charge on any atom is -0.493 e. The summed E-state index contributed by atoms with van der Waals surface area (Å²) in [6.45, 7) is -0.172. The van der Waals surface area contributed by atoms with E-state index < -0.39 is 28.7 Å². The van der Waals surface area contributed by atoms with Crippen LogP contribution in [0.25, 0.3) is 0 Å². The van der Waals surface area contributed by atoms with Crippen LogP contribution in [0.3, 0.4) is 0 Å². The average Bonchev–Trinajstić information content (AvgIpc) is 3.12. The van der Waals surface area contributed by atoms with Crippen molar-refractivity contribution in [1.82, 2.24) is 4.90 Å². The summed E-state index contributed by atoms with van der Waals surface area (Å²) in [5.74, 6) is -0.338. The third kappa shape index (κ3) is 4.47. The molecule has 1 fully saturated rings. The molecule has 1 amide bonds. The molecule has 2 N–H and O–H groups in total. The minimum atomic E-state index is -0.787. The molecule has 0 aromatic heterocycles. The highest BCUT2D eigenvalue weighted by molar-refractivity contribution is 5.99. The summed E-state index contributed by atoms with van der Waals surface area (Å²) < 4.78 is 11.0. The Morgan fingerprint density at radius 1 is 1.28 bits per heavy atom. The predicted octanol–water partition coefficient (Wildman–Crippen LogP) is 1.75. The molecular weight excluding hydrogens is 380 g/mol. The zero-order chi connectivity index (χ0) is 21.0. The smallest absolute Gasteiger partial charge is 0.286 e. The lowest BCUT2D eigenvalue weighted by Gasteiger charge is -2.23. The Bertz CT molecular complexity index is 888. The van der Waals surface area contributed by atoms with Crippen molar-refractivity contribution < 1.29 is 29.4 Å². The van der Waals surface area contributed by atoms with Crippen LogP contribution in [0.15, 0.2) is 42.5 Å². The number of β-amino-alcohol motifs (C(OH)–C–C–N with tert-alkyl or cyclic N) is 1. The van der Waals surface area contributed by atoms with Gasteiger partial charge in [0.05, 0.1) is 36.9 Å². The highest BCUT2D eigenvalue weighted by atomic mass is 16.6. The highest BCUT2D eigenvalue weighted by Gasteiger charge is 2.37. The summed E-state index contributed by atoms with van der Waals surface area (Å²) in [5, 5.41) is 30.9. The molecule has 9 nitrogen and oxygen atoms in total. The molecule has 2 atom stereocenters. The number of benzene rings is 2. The fourth-order valence-electron chi connectivity index (χ4n) is 3.35. The first kappa shape index (κ1) is 20.6. The van der Waals surface area contributed by atoms with Crippen LogP contribution < -0.4 is 9.47 Å². The van der Waals surface area contributed by atoms with Crippen molar-refractivity contribution in [2.75, 3.05) is 20.3 Å². The Labute approximate surface area is 167 Å². The Balaban J connectivity index is 1.93. The predicted molar refractivity (Wildman–Crippen MR) is 103 cm³/mol. The van der Waals surface area contributed by atoms with Gasteiger partial charge in [-0.2, -0.15) is 0 Å². The quantitative estimate of drug-likeness (QED) is 0.534. The van der Waals surface area contributed by atoms with Gasteiger partial charge in [-0.3, -0.25) is 14.9 Å². The topological polar surface area (TPSA) is 122 Å². The molecule has 0 aliphatic carbocycles. The number of methoxy groups -OCH3 is 1. The van der Waals surface area contributed by atoms with Crippen molar-refractivity contribution >= 4 is 11.6 Å². The fourth-order valence-corrected chi connectivity index (χ4v) is 3.35. The van der Waals surface area contributed by atoms with E-state index in [1.54, 1.807) is 0 Å². The van der Waals surface area contributed by atoms with Crippen molar-refractivity contribution in [3.05, 3.63) is 63.7 Å². The molecule has 154 valence electrons. The average molecular weight is 402 g/mol. The summed E-state index contributed by atoms with van der Waals surface area (Å²) in [4.78, 5) is 25.2. The van der Waals surface area contributed by atoms with Crippen molar-refractivity contribution in [2.45, 2.75) is 25.2 Å². The molecule has 0 spiro atoms. The van der Waals surface area contributed by atoms with E-state index in [2.05, 4.69) is 0 Å². The van der Waals surface area contributed by atoms with Gasteiger partial charge in [-0.05, 0) is 12.0 Å². The molecular formula is C20H22N2O7. The van der Waals surface area contributed by atoms with E-state index in [-0.39, 0.29) is 43.2 Å². The lowest BCUT2D eigenvalue weighted by molar-refractivity contribution is -0.385. The van der Waals surface area contributed by atoms with Gasteiger partial charge in [0.25, 0.3) is 11.6 Å². The molecule has 0 bridgehead atoms. The zero-order valence-corrected chi connectivity index (χ0v) is 15.9. The summed E-state index contributed by atoms with van der Waals surface area (Å²) in [6, 6.07) is 11.1. The van der Waals surface area contributed by atoms with Crippen molar-refractivity contribution in [1.29, 1.82) is 0 Å². The van der Waals surface area contributed by atoms with Crippen molar-refractivity contribution in [3.63, 3.8) is 0 Å². The number of hydrogen-bond acceptors (Lipinski definition) is 7. The van der Waals surface area contributed by atoms with E-state index in [1.165, 1.54) is 18.1 Å². The number of likely N-dealkylation sites (tertiary alicyclic amines) is 1. The van der Waals surface area contributed by atoms with Crippen LogP contribution in [-0.4, -0.2) is 58.4 Å². The molecule has 1 heterocycles. The van der Waals surface area contributed by atoms with Crippen LogP contribution in [0.2, 0.25) is 0 Å². The van der Waals surface area contributed by atoms with Gasteiger partial charge in [0.15, 0.2) is 11.5 Å². The monoisotopic (exact) mass is 402 g/mol. The molecule has 1 aliphatic rings. The molecule has 0 unspecified atom stereocenters. The van der Waals surface area contributed by atoms with Gasteiger partial charge in [-0.15, -0.1) is 0 Å². The number of nitrogens with zero attached hydrogens (tertiary/aromatic N) is 2. The second-order valence-electron chi connectivity index (χ2n) is 6.74. The van der Waals surface area contributed by atoms with Crippen LogP contribution >= 0.6 is 0 Å². The number of nitro benzene ring substituents is 1. The third-order valence-electron chi connectivity index (χ3n) is 4.81. The highest BCUT2D eigenvalue weighted by Crippen LogP contribution is 2.36. The lowest BCUT2D eigenvalue weighted by atomic mass is 10.1. The van der Waals surface area contributed by atoms with Gasteiger partial charge >= 0.3 is 0 Å². The molecule has 2 aromatic rings. The van der Waals surface area contributed by atoms with E-state index in [0.29, 0.717) is 0 Å². The van der Waals surface area contributed by atoms with E-state index in [9.17, 15) is 25.1 Å². The summed E-state index contributed by atoms with van der Waals surface area (Å²) >= 11 is 0. The number of nitro groups is 1. The number of rotatable bonds is 7. The van der Waals surface area contributed by atoms with Gasteiger partial charge in [0.1, 0.15) is 12.2 Å². The zero-order valence-electron chi connectivity index (χ0n) is 15.9. The minimum absolute atomic E-state index is 0.00418. The van der Waals surface area contributed by atoms with Gasteiger partial charge in [-0.25, -0.2) is 0 Å². The Morgan fingerprint density at radius 2 is 2.00 bits per heavy atom. The Kier molecular flexibility index (Phi) is 6.30. The van der Waals surface area contributed by atoms with Crippen LogP contribution in [0.1, 0.15) is 22.3 Å². The summed E-state index contributed by atoms with van der Waals surface area (Å²) in [5.41, 5.74) is 0.248. The van der Waals surface area contributed by atoms with Crippen LogP contribution in [0, 0.1) is 10.1 Å². The number of carbonyl (C=O) groups excluding carboxylic acids is 1. The SMILES string of the molecule is COc1cc(C(=O)N2C[C@H](O)C[C@H]2CO)c([N+](=O)[O-])cc1OCc1ccccc1. The molecule has 1 saturated heterocycles. The normalized spacial score (nSPS) is 18.5. The number of aliphatic hydroxyl groups excluding tert-OH is 2. The van der Waals surface area contributed by atoms with Crippen LogP contribution in [0.4, 0.5) is 5.69 Å². The number of carbonyl (C=O) groups is 1. The molecule has 2 aromatic carbocycles. The Morgan fingerprint density at radius 3 is 2.62 bits per heavy atom. The fraction of sp³-hybridized carbons (Fsp3) is 0.350. The number of aliphatic hydroxyl groups is 2. The maximum atomic E-state index is 12.9. The van der Waals surface area contributed by atoms with Gasteiger partial charge in [-0.1, -0.05) is 30.3 Å². The van der Waals surface area contributed by atoms with E-state index in [0.717, 1.165) is 11.6 Å². The van der Waals surface area contributed by atoms with Crippen molar-refractivity contribution in [2.24, 2.45) is 0 Å². The summed E-state index contributed by atoms with van der Waals surface area (Å²) in [7, 11) is 1.38. The number of amides is 1. The van der Waals surface area contributed by atoms with Gasteiger partial charge in [0.2, 0.25) is 0 Å². The van der Waals surface area contributed by atoms with Gasteiger partial charge < -0.3 is 24.6 Å². The maximum Gasteiger partial charge on any atom is 0.286 e. The van der Waals surface area contributed by atoms with Crippen LogP contribution in [-0.2, 0) is 6.61 Å². The standard InChI is InChI=1S/C20H22N2O7/c1-28-18-8-16(20(25)21-10-15(24)7-14(21)11-23)17(22(26)27)9-19(18)29-12-13-5-3-2-4-6-13/h2-6,8-9,14-15,23-24H,7,10-12H2,1H3/t14-,15+/m0/s1. The first-order chi connectivity index (χ1) is 13.9. The van der Waals surface area contributed by atoms with Gasteiger partial charge in [0, 0.05) is 12.6 Å². The lowest BCUT2D eigenvalue weighted by Crippen LogP contribution is -2.38.